The summed E-state index contributed by atoms with van der Waals surface area (Å²) in [4.78, 5) is 12.5. The minimum absolute atomic E-state index is 0.0670. The van der Waals surface area contributed by atoms with E-state index in [2.05, 4.69) is 15.5 Å². The number of hydrogen-bond acceptors (Lipinski definition) is 4. The van der Waals surface area contributed by atoms with Crippen LogP contribution >= 0.6 is 11.8 Å². The van der Waals surface area contributed by atoms with Crippen LogP contribution in [-0.2, 0) is 11.8 Å². The van der Waals surface area contributed by atoms with Crippen LogP contribution in [0.2, 0.25) is 0 Å². The Kier molecular flexibility index (Phi) is 5.91. The predicted molar refractivity (Wildman–Crippen MR) is 105 cm³/mol. The third kappa shape index (κ3) is 4.54. The molecule has 3 aromatic rings. The molecule has 0 radical (unpaired) electrons. The van der Waals surface area contributed by atoms with Crippen LogP contribution in [0.4, 0.5) is 4.39 Å². The molecule has 0 aliphatic heterocycles. The van der Waals surface area contributed by atoms with Crippen LogP contribution in [0.1, 0.15) is 25.5 Å². The lowest BCUT2D eigenvalue weighted by molar-refractivity contribution is -0.120. The summed E-state index contributed by atoms with van der Waals surface area (Å²) in [5.41, 5.74) is 1.83. The topological polar surface area (TPSA) is 59.8 Å². The van der Waals surface area contributed by atoms with Crippen molar-refractivity contribution in [3.63, 3.8) is 0 Å². The lowest BCUT2D eigenvalue weighted by Crippen LogP contribution is -2.33. The maximum absolute atomic E-state index is 13.1. The number of hydrogen-bond donors (Lipinski definition) is 1. The van der Waals surface area contributed by atoms with E-state index in [4.69, 9.17) is 0 Å². The normalized spacial score (nSPS) is 13.2. The van der Waals surface area contributed by atoms with Gasteiger partial charge in [-0.15, -0.1) is 10.2 Å². The fraction of sp³-hybridized carbons (Fsp3) is 0.250. The number of thioether (sulfide) groups is 1. The quantitative estimate of drug-likeness (QED) is 0.653. The zero-order chi connectivity index (χ0) is 19.4. The Morgan fingerprint density at radius 2 is 1.74 bits per heavy atom. The summed E-state index contributed by atoms with van der Waals surface area (Å²) in [5, 5.41) is 11.7. The zero-order valence-corrected chi connectivity index (χ0v) is 16.2. The van der Waals surface area contributed by atoms with E-state index in [0.29, 0.717) is 11.0 Å². The Labute approximate surface area is 162 Å². The second kappa shape index (κ2) is 8.35. The molecule has 0 saturated heterocycles. The van der Waals surface area contributed by atoms with Crippen molar-refractivity contribution in [3.05, 3.63) is 66.0 Å². The van der Waals surface area contributed by atoms with Crippen LogP contribution in [0.25, 0.3) is 11.4 Å². The maximum atomic E-state index is 13.1. The van der Waals surface area contributed by atoms with Gasteiger partial charge in [0, 0.05) is 12.6 Å². The Morgan fingerprint density at radius 1 is 1.07 bits per heavy atom. The van der Waals surface area contributed by atoms with Gasteiger partial charge in [0.1, 0.15) is 5.82 Å². The van der Waals surface area contributed by atoms with Gasteiger partial charge >= 0.3 is 0 Å². The van der Waals surface area contributed by atoms with E-state index in [-0.39, 0.29) is 23.0 Å². The minimum Gasteiger partial charge on any atom is -0.349 e. The second-order valence-electron chi connectivity index (χ2n) is 6.27. The highest BCUT2D eigenvalue weighted by Crippen LogP contribution is 2.26. The van der Waals surface area contributed by atoms with Gasteiger partial charge in [-0.3, -0.25) is 4.79 Å². The van der Waals surface area contributed by atoms with E-state index in [1.165, 1.54) is 23.9 Å². The van der Waals surface area contributed by atoms with E-state index < -0.39 is 0 Å². The molecule has 0 bridgehead atoms. The van der Waals surface area contributed by atoms with Gasteiger partial charge in [-0.25, -0.2) is 4.39 Å². The van der Waals surface area contributed by atoms with E-state index in [1.807, 2.05) is 55.8 Å². The molecule has 0 aliphatic carbocycles. The van der Waals surface area contributed by atoms with Gasteiger partial charge in [0.2, 0.25) is 5.91 Å². The number of aromatic nitrogens is 3. The van der Waals surface area contributed by atoms with Gasteiger partial charge in [-0.1, -0.05) is 42.1 Å². The van der Waals surface area contributed by atoms with Crippen LogP contribution in [0.15, 0.2) is 59.8 Å². The predicted octanol–water partition coefficient (Wildman–Crippen LogP) is 3.98. The molecule has 1 N–H and O–H groups in total. The molecule has 7 heteroatoms. The molecule has 5 nitrogen and oxygen atoms in total. The molecule has 1 aromatic heterocycles. The zero-order valence-electron chi connectivity index (χ0n) is 15.4. The third-order valence-corrected chi connectivity index (χ3v) is 5.38. The van der Waals surface area contributed by atoms with E-state index in [9.17, 15) is 9.18 Å². The molecule has 2 aromatic carbocycles. The molecule has 1 heterocycles. The van der Waals surface area contributed by atoms with Crippen molar-refractivity contribution in [3.8, 4) is 11.4 Å². The minimum atomic E-state index is -0.333. The molecule has 1 amide bonds. The van der Waals surface area contributed by atoms with Crippen LogP contribution in [-0.4, -0.2) is 25.9 Å². The summed E-state index contributed by atoms with van der Waals surface area (Å²) in [6.45, 7) is 3.80. The molecule has 2 unspecified atom stereocenters. The number of carbonyl (C=O) groups is 1. The second-order valence-corrected chi connectivity index (χ2v) is 7.58. The largest absolute Gasteiger partial charge is 0.349 e. The lowest BCUT2D eigenvalue weighted by Gasteiger charge is -2.17. The number of rotatable bonds is 6. The average Bonchev–Trinajstić information content (AvgIpc) is 3.03. The molecular formula is C20H21FN4OS. The van der Waals surface area contributed by atoms with E-state index >= 15 is 0 Å². The summed E-state index contributed by atoms with van der Waals surface area (Å²) in [7, 11) is 1.83. The van der Waals surface area contributed by atoms with Crippen molar-refractivity contribution in [2.45, 2.75) is 30.3 Å². The van der Waals surface area contributed by atoms with Gasteiger partial charge in [0.25, 0.3) is 0 Å². The first kappa shape index (κ1) is 19.1. The van der Waals surface area contributed by atoms with Crippen molar-refractivity contribution in [1.82, 2.24) is 20.1 Å². The smallest absolute Gasteiger partial charge is 0.233 e. The van der Waals surface area contributed by atoms with Crippen molar-refractivity contribution >= 4 is 17.7 Å². The monoisotopic (exact) mass is 384 g/mol. The highest BCUT2D eigenvalue weighted by molar-refractivity contribution is 8.00. The van der Waals surface area contributed by atoms with Crippen LogP contribution < -0.4 is 5.32 Å². The Hall–Kier alpha value is -2.67. The fourth-order valence-corrected chi connectivity index (χ4v) is 3.46. The highest BCUT2D eigenvalue weighted by Gasteiger charge is 2.21. The molecule has 140 valence electrons. The van der Waals surface area contributed by atoms with E-state index in [0.717, 1.165) is 11.1 Å². The molecule has 3 rings (SSSR count). The molecule has 0 spiro atoms. The van der Waals surface area contributed by atoms with Gasteiger partial charge in [-0.05, 0) is 43.7 Å². The molecule has 2 atom stereocenters. The number of amides is 1. The van der Waals surface area contributed by atoms with Crippen LogP contribution in [0.3, 0.4) is 0 Å². The van der Waals surface area contributed by atoms with Crippen LogP contribution in [0.5, 0.6) is 0 Å². The molecule has 0 aliphatic rings. The first-order valence-electron chi connectivity index (χ1n) is 8.63. The Balaban J connectivity index is 1.66. The number of nitrogens with one attached hydrogen (secondary N) is 1. The molecule has 27 heavy (non-hydrogen) atoms. The molecule has 0 saturated carbocycles. The third-order valence-electron chi connectivity index (χ3n) is 4.25. The number of benzene rings is 2. The van der Waals surface area contributed by atoms with Gasteiger partial charge in [0.05, 0.1) is 11.3 Å². The molecule has 0 fully saturated rings. The lowest BCUT2D eigenvalue weighted by atomic mass is 10.1. The highest BCUT2D eigenvalue weighted by atomic mass is 32.2. The van der Waals surface area contributed by atoms with Crippen molar-refractivity contribution < 1.29 is 9.18 Å². The van der Waals surface area contributed by atoms with Crippen molar-refractivity contribution in [2.75, 3.05) is 0 Å². The summed E-state index contributed by atoms with van der Waals surface area (Å²) in [6.07, 6.45) is 0. The summed E-state index contributed by atoms with van der Waals surface area (Å²) >= 11 is 1.34. The van der Waals surface area contributed by atoms with Gasteiger partial charge < -0.3 is 9.88 Å². The number of halogens is 1. The number of nitrogens with zero attached hydrogens (tertiary/aromatic N) is 3. The fourth-order valence-electron chi connectivity index (χ4n) is 2.64. The maximum Gasteiger partial charge on any atom is 0.233 e. The SMILES string of the molecule is CC(Sc1nnc(-c2ccc(F)cc2)n1C)C(=O)NC(C)c1ccccc1. The average molecular weight is 384 g/mol. The van der Waals surface area contributed by atoms with Gasteiger partial charge in [0.15, 0.2) is 11.0 Å². The first-order chi connectivity index (χ1) is 13.0. The van der Waals surface area contributed by atoms with E-state index in [1.54, 1.807) is 12.1 Å². The molecular weight excluding hydrogens is 363 g/mol. The van der Waals surface area contributed by atoms with Gasteiger partial charge in [-0.2, -0.15) is 0 Å². The Bertz CT molecular complexity index is 911. The number of carbonyl (C=O) groups excluding carboxylic acids is 1. The van der Waals surface area contributed by atoms with Crippen LogP contribution in [0, 0.1) is 5.82 Å². The van der Waals surface area contributed by atoms with Crippen molar-refractivity contribution in [2.24, 2.45) is 7.05 Å². The summed E-state index contributed by atoms with van der Waals surface area (Å²) in [6, 6.07) is 15.8. The standard InChI is InChI=1S/C20H21FN4OS/c1-13(15-7-5-4-6-8-15)22-19(26)14(2)27-20-24-23-18(25(20)3)16-9-11-17(21)12-10-16/h4-14H,1-3H3,(H,22,26). The Morgan fingerprint density at radius 3 is 2.41 bits per heavy atom. The van der Waals surface area contributed by atoms with Crippen molar-refractivity contribution in [1.29, 1.82) is 0 Å². The summed E-state index contributed by atoms with van der Waals surface area (Å²) in [5.74, 6) is 0.263. The first-order valence-corrected chi connectivity index (χ1v) is 9.51. The summed E-state index contributed by atoms with van der Waals surface area (Å²) < 4.78 is 14.9.